The second kappa shape index (κ2) is 7.43. The smallest absolute Gasteiger partial charge is 0.251 e. The summed E-state index contributed by atoms with van der Waals surface area (Å²) >= 11 is 0. The maximum Gasteiger partial charge on any atom is 0.251 e. The number of sulfonamides is 1. The van der Waals surface area contributed by atoms with Crippen molar-refractivity contribution in [1.82, 2.24) is 9.71 Å². The standard InChI is InChI=1S/C20H22N2O3S/c1-14-5-3-4-6-17(14)13-26(24,25)21-10-9-16-7-8-19-18(12-16)11-15(2)20(23)22-19/h3-8,11-12,21H,9-10,13H2,1-2H3,(H,22,23). The second-order valence-electron chi connectivity index (χ2n) is 6.53. The van der Waals surface area contributed by atoms with E-state index in [4.69, 9.17) is 0 Å². The lowest BCUT2D eigenvalue weighted by Gasteiger charge is -2.09. The number of aromatic amines is 1. The summed E-state index contributed by atoms with van der Waals surface area (Å²) in [6.45, 7) is 4.01. The Balaban J connectivity index is 1.65. The van der Waals surface area contributed by atoms with E-state index >= 15 is 0 Å². The fourth-order valence-corrected chi connectivity index (χ4v) is 4.15. The highest BCUT2D eigenvalue weighted by molar-refractivity contribution is 7.88. The highest BCUT2D eigenvalue weighted by Gasteiger charge is 2.12. The van der Waals surface area contributed by atoms with E-state index in [-0.39, 0.29) is 11.3 Å². The number of hydrogen-bond acceptors (Lipinski definition) is 3. The maximum atomic E-state index is 12.3. The molecule has 0 bridgehead atoms. The molecular weight excluding hydrogens is 348 g/mol. The summed E-state index contributed by atoms with van der Waals surface area (Å²) in [5, 5.41) is 0.947. The van der Waals surface area contributed by atoms with E-state index in [1.165, 1.54) is 0 Å². The van der Waals surface area contributed by atoms with Crippen LogP contribution in [0.2, 0.25) is 0 Å². The van der Waals surface area contributed by atoms with Gasteiger partial charge in [-0.15, -0.1) is 0 Å². The molecule has 0 radical (unpaired) electrons. The highest BCUT2D eigenvalue weighted by atomic mass is 32.2. The molecule has 136 valence electrons. The Bertz CT molecular complexity index is 1100. The number of hydrogen-bond donors (Lipinski definition) is 2. The molecule has 0 fully saturated rings. The van der Waals surface area contributed by atoms with Crippen molar-refractivity contribution in [2.75, 3.05) is 6.54 Å². The first-order chi connectivity index (χ1) is 12.3. The van der Waals surface area contributed by atoms with Gasteiger partial charge in [-0.05, 0) is 60.5 Å². The molecule has 0 aliphatic heterocycles. The molecule has 2 N–H and O–H groups in total. The van der Waals surface area contributed by atoms with Gasteiger partial charge in [0.25, 0.3) is 5.56 Å². The average molecular weight is 370 g/mol. The molecule has 3 aromatic rings. The SMILES string of the molecule is Cc1ccccc1CS(=O)(=O)NCCc1ccc2[nH]c(=O)c(C)cc2c1. The first-order valence-electron chi connectivity index (χ1n) is 8.48. The molecule has 1 aromatic heterocycles. The Morgan fingerprint density at radius 1 is 1.00 bits per heavy atom. The predicted octanol–water partition coefficient (Wildman–Crippen LogP) is 2.81. The Labute approximate surface area is 153 Å². The lowest BCUT2D eigenvalue weighted by Crippen LogP contribution is -2.27. The van der Waals surface area contributed by atoms with Crippen molar-refractivity contribution >= 4 is 20.9 Å². The zero-order chi connectivity index (χ0) is 18.7. The number of fused-ring (bicyclic) bond motifs is 1. The van der Waals surface area contributed by atoms with Gasteiger partial charge in [0.1, 0.15) is 0 Å². The van der Waals surface area contributed by atoms with Crippen LogP contribution in [0.3, 0.4) is 0 Å². The van der Waals surface area contributed by atoms with Gasteiger partial charge in [-0.3, -0.25) is 4.79 Å². The Morgan fingerprint density at radius 2 is 1.77 bits per heavy atom. The largest absolute Gasteiger partial charge is 0.322 e. The lowest BCUT2D eigenvalue weighted by molar-refractivity contribution is 0.580. The maximum absolute atomic E-state index is 12.3. The molecule has 0 atom stereocenters. The Kier molecular flexibility index (Phi) is 5.25. The molecule has 1 heterocycles. The number of rotatable bonds is 6. The van der Waals surface area contributed by atoms with Crippen molar-refractivity contribution in [3.63, 3.8) is 0 Å². The highest BCUT2D eigenvalue weighted by Crippen LogP contribution is 2.14. The topological polar surface area (TPSA) is 79.0 Å². The normalized spacial score (nSPS) is 11.8. The summed E-state index contributed by atoms with van der Waals surface area (Å²) in [5.41, 5.74) is 4.15. The molecule has 5 nitrogen and oxygen atoms in total. The van der Waals surface area contributed by atoms with Crippen molar-refractivity contribution in [2.45, 2.75) is 26.0 Å². The van der Waals surface area contributed by atoms with Crippen LogP contribution in [-0.4, -0.2) is 19.9 Å². The summed E-state index contributed by atoms with van der Waals surface area (Å²) < 4.78 is 27.2. The van der Waals surface area contributed by atoms with Crippen LogP contribution in [0.25, 0.3) is 10.9 Å². The van der Waals surface area contributed by atoms with E-state index < -0.39 is 10.0 Å². The number of aromatic nitrogens is 1. The molecule has 6 heteroatoms. The zero-order valence-corrected chi connectivity index (χ0v) is 15.7. The van der Waals surface area contributed by atoms with E-state index in [9.17, 15) is 13.2 Å². The van der Waals surface area contributed by atoms with Crippen LogP contribution < -0.4 is 10.3 Å². The predicted molar refractivity (Wildman–Crippen MR) is 105 cm³/mol. The molecule has 26 heavy (non-hydrogen) atoms. The van der Waals surface area contributed by atoms with Crippen molar-refractivity contribution in [3.05, 3.63) is 81.1 Å². The molecule has 0 spiro atoms. The molecule has 0 saturated carbocycles. The number of H-pyrrole nitrogens is 1. The summed E-state index contributed by atoms with van der Waals surface area (Å²) in [4.78, 5) is 14.5. The average Bonchev–Trinajstić information content (AvgIpc) is 2.58. The van der Waals surface area contributed by atoms with Crippen molar-refractivity contribution in [1.29, 1.82) is 0 Å². The first kappa shape index (κ1) is 18.4. The van der Waals surface area contributed by atoms with Gasteiger partial charge < -0.3 is 4.98 Å². The molecule has 0 aliphatic carbocycles. The molecule has 3 rings (SSSR count). The minimum atomic E-state index is -3.38. The summed E-state index contributed by atoms with van der Waals surface area (Å²) in [7, 11) is -3.38. The van der Waals surface area contributed by atoms with Gasteiger partial charge in [-0.2, -0.15) is 0 Å². The van der Waals surface area contributed by atoms with Crippen LogP contribution in [0.1, 0.15) is 22.3 Å². The second-order valence-corrected chi connectivity index (χ2v) is 8.34. The number of pyridine rings is 1. The summed E-state index contributed by atoms with van der Waals surface area (Å²) in [5.74, 6) is -0.0160. The third-order valence-electron chi connectivity index (χ3n) is 4.44. The van der Waals surface area contributed by atoms with E-state index in [0.717, 1.165) is 27.6 Å². The van der Waals surface area contributed by atoms with Gasteiger partial charge in [0, 0.05) is 17.6 Å². The van der Waals surface area contributed by atoms with E-state index in [2.05, 4.69) is 9.71 Å². The van der Waals surface area contributed by atoms with Gasteiger partial charge in [0.05, 0.1) is 5.75 Å². The zero-order valence-electron chi connectivity index (χ0n) is 14.9. The first-order valence-corrected chi connectivity index (χ1v) is 10.1. The fourth-order valence-electron chi connectivity index (χ4n) is 2.90. The van der Waals surface area contributed by atoms with Crippen LogP contribution in [0.15, 0.2) is 53.3 Å². The monoisotopic (exact) mass is 370 g/mol. The molecule has 0 saturated heterocycles. The van der Waals surface area contributed by atoms with Gasteiger partial charge in [-0.1, -0.05) is 30.3 Å². The van der Waals surface area contributed by atoms with E-state index in [0.29, 0.717) is 18.5 Å². The molecule has 2 aromatic carbocycles. The van der Waals surface area contributed by atoms with Crippen LogP contribution in [-0.2, 0) is 22.2 Å². The summed E-state index contributed by atoms with van der Waals surface area (Å²) in [6.07, 6.45) is 0.584. The van der Waals surface area contributed by atoms with Gasteiger partial charge in [0.2, 0.25) is 10.0 Å². The van der Waals surface area contributed by atoms with Gasteiger partial charge >= 0.3 is 0 Å². The minimum absolute atomic E-state index is 0.0160. The van der Waals surface area contributed by atoms with Crippen LogP contribution in [0.4, 0.5) is 0 Å². The van der Waals surface area contributed by atoms with Crippen LogP contribution >= 0.6 is 0 Å². The fraction of sp³-hybridized carbons (Fsp3) is 0.250. The minimum Gasteiger partial charge on any atom is -0.322 e. The number of aryl methyl sites for hydroxylation is 2. The van der Waals surface area contributed by atoms with Crippen molar-refractivity contribution in [2.24, 2.45) is 0 Å². The molecular formula is C20H22N2O3S. The van der Waals surface area contributed by atoms with E-state index in [1.54, 1.807) is 6.92 Å². The summed E-state index contributed by atoms with van der Waals surface area (Å²) in [6, 6.07) is 15.1. The molecule has 0 unspecified atom stereocenters. The quantitative estimate of drug-likeness (QED) is 0.700. The third kappa shape index (κ3) is 4.39. The molecule has 0 amide bonds. The Hall–Kier alpha value is -2.44. The number of nitrogens with one attached hydrogen (secondary N) is 2. The van der Waals surface area contributed by atoms with Crippen LogP contribution in [0.5, 0.6) is 0 Å². The third-order valence-corrected chi connectivity index (χ3v) is 5.77. The number of benzene rings is 2. The van der Waals surface area contributed by atoms with Crippen molar-refractivity contribution in [3.8, 4) is 0 Å². The van der Waals surface area contributed by atoms with E-state index in [1.807, 2.05) is 55.5 Å². The Morgan fingerprint density at radius 3 is 2.54 bits per heavy atom. The lowest BCUT2D eigenvalue weighted by atomic mass is 10.1. The van der Waals surface area contributed by atoms with Crippen molar-refractivity contribution < 1.29 is 8.42 Å². The van der Waals surface area contributed by atoms with Gasteiger partial charge in [-0.25, -0.2) is 13.1 Å². The van der Waals surface area contributed by atoms with Gasteiger partial charge in [0.15, 0.2) is 0 Å². The molecule has 0 aliphatic rings. The van der Waals surface area contributed by atoms with Crippen LogP contribution in [0, 0.1) is 13.8 Å².